The van der Waals surface area contributed by atoms with Crippen molar-refractivity contribution < 1.29 is 29.2 Å². The van der Waals surface area contributed by atoms with Gasteiger partial charge in [-0.1, -0.05) is 6.07 Å². The fraction of sp³-hybridized carbons (Fsp3) is 0. The van der Waals surface area contributed by atoms with E-state index in [9.17, 15) is 29.6 Å². The van der Waals surface area contributed by atoms with Crippen LogP contribution in [0.25, 0.3) is 0 Å². The van der Waals surface area contributed by atoms with Gasteiger partial charge in [-0.05, 0) is 60.2 Å². The molecule has 0 saturated heterocycles. The molecule has 0 aromatic heterocycles. The lowest BCUT2D eigenvalue weighted by molar-refractivity contribution is -0.385. The molecule has 0 atom stereocenters. The zero-order valence-electron chi connectivity index (χ0n) is 15.1. The molecule has 4 rings (SSSR count). The van der Waals surface area contributed by atoms with E-state index in [1.54, 1.807) is 0 Å². The highest BCUT2D eigenvalue weighted by molar-refractivity contribution is 6.35. The number of ether oxygens (including phenoxy) is 1. The maximum atomic E-state index is 12.7. The van der Waals surface area contributed by atoms with Crippen molar-refractivity contribution >= 4 is 29.2 Å². The predicted molar refractivity (Wildman–Crippen MR) is 102 cm³/mol. The highest BCUT2D eigenvalue weighted by atomic mass is 16.6. The number of imide groups is 1. The normalized spacial score (nSPS) is 12.6. The number of rotatable bonds is 5. The molecule has 3 aromatic carbocycles. The van der Waals surface area contributed by atoms with Gasteiger partial charge in [0.25, 0.3) is 17.5 Å². The third-order valence-corrected chi connectivity index (χ3v) is 4.51. The smallest absolute Gasteiger partial charge is 0.283 e. The lowest BCUT2D eigenvalue weighted by Gasteiger charge is -2.14. The van der Waals surface area contributed by atoms with Crippen LogP contribution in [0.15, 0.2) is 66.7 Å². The first kappa shape index (κ1) is 18.8. The zero-order valence-corrected chi connectivity index (χ0v) is 15.1. The van der Waals surface area contributed by atoms with Crippen LogP contribution >= 0.6 is 0 Å². The second kappa shape index (κ2) is 7.13. The Labute approximate surface area is 168 Å². The minimum atomic E-state index is -1.30. The standard InChI is InChI=1S/C21H12N2O7/c24-19-16-2-1-3-17(23(28)29)18(16)20(25)22(19)13-6-10-15(11-7-13)30-14-8-4-12(5-9-14)21(26)27/h1-11H,(H,26,27)/p-1. The van der Waals surface area contributed by atoms with E-state index < -0.39 is 28.4 Å². The van der Waals surface area contributed by atoms with Crippen molar-refractivity contribution in [1.29, 1.82) is 0 Å². The van der Waals surface area contributed by atoms with Crippen molar-refractivity contribution in [2.45, 2.75) is 0 Å². The number of nitrogens with zero attached hydrogens (tertiary/aromatic N) is 2. The van der Waals surface area contributed by atoms with Gasteiger partial charge in [0.15, 0.2) is 0 Å². The summed E-state index contributed by atoms with van der Waals surface area (Å²) in [5.41, 5.74) is -0.441. The third-order valence-electron chi connectivity index (χ3n) is 4.51. The summed E-state index contributed by atoms with van der Waals surface area (Å²) < 4.78 is 5.61. The van der Waals surface area contributed by atoms with E-state index in [1.807, 2.05) is 0 Å². The van der Waals surface area contributed by atoms with Crippen molar-refractivity contribution in [2.24, 2.45) is 0 Å². The van der Waals surface area contributed by atoms with Gasteiger partial charge in [0, 0.05) is 6.07 Å². The summed E-state index contributed by atoms with van der Waals surface area (Å²) in [6, 6.07) is 15.5. The van der Waals surface area contributed by atoms with Gasteiger partial charge in [0.1, 0.15) is 17.1 Å². The lowest BCUT2D eigenvalue weighted by atomic mass is 10.1. The molecule has 0 unspecified atom stereocenters. The molecule has 0 saturated carbocycles. The number of carbonyl (C=O) groups is 3. The van der Waals surface area contributed by atoms with Crippen molar-refractivity contribution in [1.82, 2.24) is 0 Å². The number of carbonyl (C=O) groups excluding carboxylic acids is 3. The molecule has 0 N–H and O–H groups in total. The van der Waals surface area contributed by atoms with Crippen molar-refractivity contribution in [3.63, 3.8) is 0 Å². The SMILES string of the molecule is O=C([O-])c1ccc(Oc2ccc(N3C(=O)c4cccc([N+](=O)[O-])c4C3=O)cc2)cc1. The number of benzene rings is 3. The van der Waals surface area contributed by atoms with Crippen molar-refractivity contribution in [3.05, 3.63) is 93.5 Å². The number of carboxylic acids is 1. The highest BCUT2D eigenvalue weighted by Crippen LogP contribution is 2.34. The van der Waals surface area contributed by atoms with Gasteiger partial charge in [-0.2, -0.15) is 0 Å². The molecule has 9 heteroatoms. The lowest BCUT2D eigenvalue weighted by Crippen LogP contribution is -2.29. The maximum Gasteiger partial charge on any atom is 0.283 e. The number of amides is 2. The van der Waals surface area contributed by atoms with E-state index in [1.165, 1.54) is 66.7 Å². The van der Waals surface area contributed by atoms with E-state index in [0.717, 1.165) is 4.90 Å². The van der Waals surface area contributed by atoms with Crippen molar-refractivity contribution in [3.8, 4) is 11.5 Å². The van der Waals surface area contributed by atoms with Crippen LogP contribution in [0.5, 0.6) is 11.5 Å². The van der Waals surface area contributed by atoms with Crippen LogP contribution in [-0.2, 0) is 0 Å². The molecule has 9 nitrogen and oxygen atoms in total. The van der Waals surface area contributed by atoms with Crippen LogP contribution in [0.4, 0.5) is 11.4 Å². The molecule has 148 valence electrons. The highest BCUT2D eigenvalue weighted by Gasteiger charge is 2.41. The molecule has 0 radical (unpaired) electrons. The Morgan fingerprint density at radius 1 is 0.867 bits per heavy atom. The van der Waals surface area contributed by atoms with E-state index >= 15 is 0 Å². The number of nitro benzene ring substituents is 1. The first-order chi connectivity index (χ1) is 14.4. The first-order valence-electron chi connectivity index (χ1n) is 8.62. The molecular formula is C21H11N2O7-. The maximum absolute atomic E-state index is 12.7. The number of hydrogen-bond donors (Lipinski definition) is 0. The first-order valence-corrected chi connectivity index (χ1v) is 8.62. The number of carboxylic acid groups (broad SMARTS) is 1. The Balaban J connectivity index is 1.58. The van der Waals surface area contributed by atoms with Crippen LogP contribution in [0.1, 0.15) is 31.1 Å². The Morgan fingerprint density at radius 2 is 1.47 bits per heavy atom. The molecule has 1 heterocycles. The topological polar surface area (TPSA) is 130 Å². The van der Waals surface area contributed by atoms with Gasteiger partial charge in [-0.25, -0.2) is 4.90 Å². The van der Waals surface area contributed by atoms with Crippen LogP contribution in [0.2, 0.25) is 0 Å². The van der Waals surface area contributed by atoms with E-state index in [2.05, 4.69) is 0 Å². The van der Waals surface area contributed by atoms with Gasteiger partial charge in [-0.3, -0.25) is 19.7 Å². The summed E-state index contributed by atoms with van der Waals surface area (Å²) in [5.74, 6) is -1.96. The Bertz CT molecular complexity index is 1200. The fourth-order valence-corrected chi connectivity index (χ4v) is 3.11. The number of aromatic carboxylic acids is 1. The molecule has 1 aliphatic heterocycles. The summed E-state index contributed by atoms with van der Waals surface area (Å²) in [6.07, 6.45) is 0. The van der Waals surface area contributed by atoms with Gasteiger partial charge < -0.3 is 14.6 Å². The van der Waals surface area contributed by atoms with Gasteiger partial charge in [0.2, 0.25) is 0 Å². The Hall–Kier alpha value is -4.53. The van der Waals surface area contributed by atoms with Crippen LogP contribution < -0.4 is 14.7 Å². The quantitative estimate of drug-likeness (QED) is 0.363. The summed E-state index contributed by atoms with van der Waals surface area (Å²) in [4.78, 5) is 47.5. The van der Waals surface area contributed by atoms with E-state index in [0.29, 0.717) is 11.5 Å². The second-order valence-corrected chi connectivity index (χ2v) is 6.31. The van der Waals surface area contributed by atoms with Crippen molar-refractivity contribution in [2.75, 3.05) is 4.90 Å². The molecule has 30 heavy (non-hydrogen) atoms. The van der Waals surface area contributed by atoms with Crippen LogP contribution in [0.3, 0.4) is 0 Å². The molecule has 0 bridgehead atoms. The fourth-order valence-electron chi connectivity index (χ4n) is 3.11. The Morgan fingerprint density at radius 3 is 2.03 bits per heavy atom. The van der Waals surface area contributed by atoms with Crippen LogP contribution in [0, 0.1) is 10.1 Å². The summed E-state index contributed by atoms with van der Waals surface area (Å²) in [7, 11) is 0. The summed E-state index contributed by atoms with van der Waals surface area (Å²) in [5, 5.41) is 22.0. The number of anilines is 1. The second-order valence-electron chi connectivity index (χ2n) is 6.31. The number of fused-ring (bicyclic) bond motifs is 1. The zero-order chi connectivity index (χ0) is 21.4. The molecule has 0 fully saturated rings. The third kappa shape index (κ3) is 3.14. The summed E-state index contributed by atoms with van der Waals surface area (Å²) in [6.45, 7) is 0. The number of hydrogen-bond acceptors (Lipinski definition) is 7. The molecular weight excluding hydrogens is 392 g/mol. The average Bonchev–Trinajstić information content (AvgIpc) is 2.99. The number of nitro groups is 1. The van der Waals surface area contributed by atoms with E-state index in [4.69, 9.17) is 4.74 Å². The monoisotopic (exact) mass is 403 g/mol. The molecule has 2 amide bonds. The van der Waals surface area contributed by atoms with E-state index in [-0.39, 0.29) is 22.4 Å². The van der Waals surface area contributed by atoms with Gasteiger partial charge in [0.05, 0.1) is 22.1 Å². The largest absolute Gasteiger partial charge is 0.545 e. The Kier molecular flexibility index (Phi) is 4.47. The molecule has 0 aliphatic carbocycles. The minimum Gasteiger partial charge on any atom is -0.545 e. The van der Waals surface area contributed by atoms with Gasteiger partial charge >= 0.3 is 0 Å². The molecule has 3 aromatic rings. The van der Waals surface area contributed by atoms with Crippen LogP contribution in [-0.4, -0.2) is 22.7 Å². The minimum absolute atomic E-state index is 0.0115. The molecule has 1 aliphatic rings. The predicted octanol–water partition coefficient (Wildman–Crippen LogP) is 2.55. The molecule has 0 spiro atoms. The summed E-state index contributed by atoms with van der Waals surface area (Å²) >= 11 is 0. The van der Waals surface area contributed by atoms with Gasteiger partial charge in [-0.15, -0.1) is 0 Å². The average molecular weight is 403 g/mol.